The van der Waals surface area contributed by atoms with Gasteiger partial charge in [-0.05, 0) is 36.2 Å². The van der Waals surface area contributed by atoms with Gasteiger partial charge in [0, 0.05) is 18.5 Å². The monoisotopic (exact) mass is 304 g/mol. The Bertz CT molecular complexity index is 552. The number of amides is 1. The molecule has 1 aromatic heterocycles. The smallest absolute Gasteiger partial charge is 0.260 e. The van der Waals surface area contributed by atoms with Crippen molar-refractivity contribution in [3.8, 4) is 5.75 Å². The number of hydrogen-bond acceptors (Lipinski definition) is 4. The van der Waals surface area contributed by atoms with Gasteiger partial charge in [-0.3, -0.25) is 4.79 Å². The van der Waals surface area contributed by atoms with Gasteiger partial charge in [-0.25, -0.2) is 0 Å². The second-order valence-electron chi connectivity index (χ2n) is 4.79. The molecule has 0 spiro atoms. The van der Waals surface area contributed by atoms with Gasteiger partial charge in [0.15, 0.2) is 6.61 Å². The van der Waals surface area contributed by atoms with E-state index < -0.39 is 0 Å². The number of hydrogen-bond donors (Lipinski definition) is 1. The summed E-state index contributed by atoms with van der Waals surface area (Å²) in [6, 6.07) is 11.8. The second kappa shape index (κ2) is 7.81. The molecule has 0 fully saturated rings. The molecule has 0 aliphatic heterocycles. The van der Waals surface area contributed by atoms with E-state index in [1.54, 1.807) is 23.3 Å². The summed E-state index contributed by atoms with van der Waals surface area (Å²) in [5, 5.41) is 5.10. The highest BCUT2D eigenvalue weighted by Gasteiger charge is 2.10. The Morgan fingerprint density at radius 2 is 2.05 bits per heavy atom. The lowest BCUT2D eigenvalue weighted by Crippen LogP contribution is -2.30. The molecule has 21 heavy (non-hydrogen) atoms. The van der Waals surface area contributed by atoms with E-state index in [1.165, 1.54) is 10.4 Å². The minimum atomic E-state index is -0.0253. The van der Waals surface area contributed by atoms with Gasteiger partial charge in [-0.15, -0.1) is 11.3 Å². The first-order valence-corrected chi connectivity index (χ1v) is 7.69. The first-order chi connectivity index (χ1) is 10.2. The number of likely N-dealkylation sites (N-methyl/N-ethyl adjacent to an activating group) is 1. The van der Waals surface area contributed by atoms with Crippen LogP contribution in [-0.2, 0) is 17.9 Å². The van der Waals surface area contributed by atoms with Crippen molar-refractivity contribution in [2.24, 2.45) is 0 Å². The quantitative estimate of drug-likeness (QED) is 0.854. The summed E-state index contributed by atoms with van der Waals surface area (Å²) in [6.07, 6.45) is 0. The van der Waals surface area contributed by atoms with E-state index in [2.05, 4.69) is 5.32 Å². The summed E-state index contributed by atoms with van der Waals surface area (Å²) in [5.74, 6) is 0.690. The highest BCUT2D eigenvalue weighted by Crippen LogP contribution is 2.13. The molecule has 0 radical (unpaired) electrons. The van der Waals surface area contributed by atoms with Crippen molar-refractivity contribution >= 4 is 17.2 Å². The highest BCUT2D eigenvalue weighted by molar-refractivity contribution is 7.09. The molecule has 0 atom stereocenters. The third kappa shape index (κ3) is 4.88. The summed E-state index contributed by atoms with van der Waals surface area (Å²) in [4.78, 5) is 14.9. The fourth-order valence-electron chi connectivity index (χ4n) is 1.89. The molecule has 2 rings (SSSR count). The van der Waals surface area contributed by atoms with E-state index in [-0.39, 0.29) is 12.5 Å². The number of nitrogens with zero attached hydrogens (tertiary/aromatic N) is 1. The van der Waals surface area contributed by atoms with Crippen LogP contribution in [0.3, 0.4) is 0 Å². The molecule has 112 valence electrons. The van der Waals surface area contributed by atoms with Crippen LogP contribution in [0.4, 0.5) is 0 Å². The molecular formula is C16H20N2O2S. The Morgan fingerprint density at radius 3 is 2.67 bits per heavy atom. The van der Waals surface area contributed by atoms with Crippen molar-refractivity contribution < 1.29 is 9.53 Å². The van der Waals surface area contributed by atoms with Crippen LogP contribution >= 0.6 is 11.3 Å². The summed E-state index contributed by atoms with van der Waals surface area (Å²) >= 11 is 1.65. The zero-order chi connectivity index (χ0) is 15.1. The molecule has 0 bridgehead atoms. The molecule has 0 aliphatic carbocycles. The molecule has 1 heterocycles. The summed E-state index contributed by atoms with van der Waals surface area (Å²) < 4.78 is 5.53. The van der Waals surface area contributed by atoms with Crippen LogP contribution in [0.25, 0.3) is 0 Å². The first kappa shape index (κ1) is 15.5. The van der Waals surface area contributed by atoms with Crippen LogP contribution in [0.2, 0.25) is 0 Å². The normalized spacial score (nSPS) is 10.4. The molecule has 5 heteroatoms. The number of benzene rings is 1. The van der Waals surface area contributed by atoms with Gasteiger partial charge >= 0.3 is 0 Å². The lowest BCUT2D eigenvalue weighted by atomic mass is 10.2. The van der Waals surface area contributed by atoms with Crippen molar-refractivity contribution in [1.82, 2.24) is 10.2 Å². The van der Waals surface area contributed by atoms with Gasteiger partial charge in [0.05, 0.1) is 6.54 Å². The molecule has 2 aromatic rings. The van der Waals surface area contributed by atoms with Gasteiger partial charge in [0.2, 0.25) is 0 Å². The van der Waals surface area contributed by atoms with Gasteiger partial charge in [0.25, 0.3) is 5.91 Å². The Kier molecular flexibility index (Phi) is 5.78. The molecule has 4 nitrogen and oxygen atoms in total. The zero-order valence-corrected chi connectivity index (χ0v) is 13.2. The molecular weight excluding hydrogens is 284 g/mol. The molecule has 1 aromatic carbocycles. The van der Waals surface area contributed by atoms with Crippen LogP contribution in [0.15, 0.2) is 41.8 Å². The molecule has 1 amide bonds. The molecule has 0 saturated heterocycles. The Hall–Kier alpha value is -1.85. The lowest BCUT2D eigenvalue weighted by molar-refractivity contribution is -0.132. The average molecular weight is 304 g/mol. The minimum absolute atomic E-state index is 0.0253. The lowest BCUT2D eigenvalue weighted by Gasteiger charge is -2.16. The molecule has 0 aliphatic rings. The third-order valence-electron chi connectivity index (χ3n) is 3.07. The predicted octanol–water partition coefficient (Wildman–Crippen LogP) is 2.50. The van der Waals surface area contributed by atoms with E-state index in [4.69, 9.17) is 4.74 Å². The number of thiophene rings is 1. The fraction of sp³-hybridized carbons (Fsp3) is 0.312. The standard InChI is InChI=1S/C16H20N2O2S/c1-17-10-13-5-7-14(8-6-13)20-12-16(19)18(2)11-15-4-3-9-21-15/h3-9,17H,10-12H2,1-2H3. The summed E-state index contributed by atoms with van der Waals surface area (Å²) in [6.45, 7) is 1.51. The van der Waals surface area contributed by atoms with Crippen molar-refractivity contribution in [3.05, 3.63) is 52.2 Å². The van der Waals surface area contributed by atoms with Crippen molar-refractivity contribution in [2.75, 3.05) is 20.7 Å². The summed E-state index contributed by atoms with van der Waals surface area (Å²) in [7, 11) is 3.70. The van der Waals surface area contributed by atoms with Crippen LogP contribution < -0.4 is 10.1 Å². The van der Waals surface area contributed by atoms with Crippen molar-refractivity contribution in [3.63, 3.8) is 0 Å². The van der Waals surface area contributed by atoms with E-state index in [9.17, 15) is 4.79 Å². The number of carbonyl (C=O) groups is 1. The molecule has 0 unspecified atom stereocenters. The molecule has 1 N–H and O–H groups in total. The van der Waals surface area contributed by atoms with Gasteiger partial charge in [0.1, 0.15) is 5.75 Å². The van der Waals surface area contributed by atoms with Gasteiger partial charge < -0.3 is 15.0 Å². The van der Waals surface area contributed by atoms with Gasteiger partial charge in [-0.1, -0.05) is 18.2 Å². The largest absolute Gasteiger partial charge is 0.484 e. The SMILES string of the molecule is CNCc1ccc(OCC(=O)N(C)Cc2cccs2)cc1. The maximum Gasteiger partial charge on any atom is 0.260 e. The fourth-order valence-corrected chi connectivity index (χ4v) is 2.64. The Balaban J connectivity index is 1.80. The van der Waals surface area contributed by atoms with Crippen LogP contribution in [-0.4, -0.2) is 31.5 Å². The van der Waals surface area contributed by atoms with E-state index in [0.29, 0.717) is 12.3 Å². The maximum atomic E-state index is 12.0. The van der Waals surface area contributed by atoms with E-state index in [0.717, 1.165) is 6.54 Å². The molecule has 0 saturated carbocycles. The number of ether oxygens (including phenoxy) is 1. The topological polar surface area (TPSA) is 41.6 Å². The highest BCUT2D eigenvalue weighted by atomic mass is 32.1. The zero-order valence-electron chi connectivity index (χ0n) is 12.3. The third-order valence-corrected chi connectivity index (χ3v) is 3.93. The predicted molar refractivity (Wildman–Crippen MR) is 85.5 cm³/mol. The van der Waals surface area contributed by atoms with Crippen molar-refractivity contribution in [2.45, 2.75) is 13.1 Å². The van der Waals surface area contributed by atoms with Crippen LogP contribution in [0.1, 0.15) is 10.4 Å². The van der Waals surface area contributed by atoms with Crippen molar-refractivity contribution in [1.29, 1.82) is 0 Å². The van der Waals surface area contributed by atoms with Crippen LogP contribution in [0.5, 0.6) is 5.75 Å². The Labute approximate surface area is 129 Å². The minimum Gasteiger partial charge on any atom is -0.484 e. The van der Waals surface area contributed by atoms with Gasteiger partial charge in [-0.2, -0.15) is 0 Å². The van der Waals surface area contributed by atoms with E-state index in [1.807, 2.05) is 48.8 Å². The van der Waals surface area contributed by atoms with Crippen LogP contribution in [0, 0.1) is 0 Å². The Morgan fingerprint density at radius 1 is 1.29 bits per heavy atom. The summed E-state index contributed by atoms with van der Waals surface area (Å²) in [5.41, 5.74) is 1.19. The number of carbonyl (C=O) groups excluding carboxylic acids is 1. The number of rotatable bonds is 7. The average Bonchev–Trinajstić information content (AvgIpc) is 2.99. The van der Waals surface area contributed by atoms with E-state index >= 15 is 0 Å². The number of nitrogens with one attached hydrogen (secondary N) is 1. The second-order valence-corrected chi connectivity index (χ2v) is 5.82. The first-order valence-electron chi connectivity index (χ1n) is 6.81. The maximum absolute atomic E-state index is 12.0.